The highest BCUT2D eigenvalue weighted by Crippen LogP contribution is 2.30. The summed E-state index contributed by atoms with van der Waals surface area (Å²) in [4.78, 5) is 4.40. The smallest absolute Gasteiger partial charge is 0.159 e. The van der Waals surface area contributed by atoms with Crippen LogP contribution < -0.4 is 0 Å². The Hall–Kier alpha value is -1.78. The van der Waals surface area contributed by atoms with E-state index >= 15 is 0 Å². The van der Waals surface area contributed by atoms with Crippen molar-refractivity contribution in [3.05, 3.63) is 64.7 Å². The second-order valence-corrected chi connectivity index (χ2v) is 5.59. The number of aromatic nitrogens is 1. The van der Waals surface area contributed by atoms with Gasteiger partial charge in [0.2, 0.25) is 0 Å². The number of thiazole rings is 1. The van der Waals surface area contributed by atoms with Crippen LogP contribution in [0.5, 0.6) is 0 Å². The van der Waals surface area contributed by atoms with Crippen molar-refractivity contribution in [2.45, 2.75) is 0 Å². The van der Waals surface area contributed by atoms with E-state index in [2.05, 4.69) is 4.98 Å². The van der Waals surface area contributed by atoms with Gasteiger partial charge in [0, 0.05) is 0 Å². The van der Waals surface area contributed by atoms with Gasteiger partial charge < -0.3 is 0 Å². The second-order valence-electron chi connectivity index (χ2n) is 4.15. The molecule has 1 heterocycles. The molecule has 0 amide bonds. The Kier molecular flexibility index (Phi) is 3.51. The summed E-state index contributed by atoms with van der Waals surface area (Å²) in [6.07, 6.45) is 1.57. The van der Waals surface area contributed by atoms with Crippen LogP contribution in [-0.4, -0.2) is 4.98 Å². The van der Waals surface area contributed by atoms with Gasteiger partial charge in [-0.25, -0.2) is 13.8 Å². The Labute approximate surface area is 123 Å². The molecule has 100 valence electrons. The molecule has 0 saturated heterocycles. The van der Waals surface area contributed by atoms with Gasteiger partial charge >= 0.3 is 0 Å². The molecule has 2 aromatic carbocycles. The highest BCUT2D eigenvalue weighted by molar-refractivity contribution is 7.20. The molecule has 0 unspecified atom stereocenters. The van der Waals surface area contributed by atoms with Crippen LogP contribution in [0.15, 0.2) is 42.5 Å². The fourth-order valence-corrected chi connectivity index (χ4v) is 2.94. The van der Waals surface area contributed by atoms with E-state index in [1.54, 1.807) is 6.08 Å². The number of para-hydroxylation sites is 1. The summed E-state index contributed by atoms with van der Waals surface area (Å²) in [5, 5.41) is 1.05. The van der Waals surface area contributed by atoms with Gasteiger partial charge in [0.05, 0.1) is 15.2 Å². The molecule has 0 fully saturated rings. The van der Waals surface area contributed by atoms with Crippen molar-refractivity contribution < 1.29 is 8.78 Å². The molecule has 0 saturated carbocycles. The molecule has 0 N–H and O–H groups in total. The van der Waals surface area contributed by atoms with Gasteiger partial charge in [-0.1, -0.05) is 29.8 Å². The van der Waals surface area contributed by atoms with E-state index < -0.39 is 11.6 Å². The first-order valence-electron chi connectivity index (χ1n) is 5.82. The summed E-state index contributed by atoms with van der Waals surface area (Å²) in [5.41, 5.74) is 1.36. The predicted octanol–water partition coefficient (Wildman–Crippen LogP) is 5.31. The van der Waals surface area contributed by atoms with E-state index in [1.807, 2.05) is 24.3 Å². The molecular weight excluding hydrogens is 300 g/mol. The molecule has 20 heavy (non-hydrogen) atoms. The first-order chi connectivity index (χ1) is 9.63. The van der Waals surface area contributed by atoms with Crippen molar-refractivity contribution in [3.8, 4) is 0 Å². The van der Waals surface area contributed by atoms with Crippen molar-refractivity contribution in [2.24, 2.45) is 0 Å². The Morgan fingerprint density at radius 3 is 2.65 bits per heavy atom. The lowest BCUT2D eigenvalue weighted by atomic mass is 10.2. The molecule has 3 rings (SSSR count). The lowest BCUT2D eigenvalue weighted by Crippen LogP contribution is -1.84. The largest absolute Gasteiger partial charge is 0.235 e. The van der Waals surface area contributed by atoms with Crippen LogP contribution in [0.25, 0.3) is 21.3 Å². The molecular formula is C15H8ClF2NS. The summed E-state index contributed by atoms with van der Waals surface area (Å²) >= 11 is 7.65. The molecule has 5 heteroatoms. The quantitative estimate of drug-likeness (QED) is 0.625. The number of benzene rings is 2. The van der Waals surface area contributed by atoms with Gasteiger partial charge in [0.1, 0.15) is 5.01 Å². The number of fused-ring (bicyclic) bond motifs is 1. The van der Waals surface area contributed by atoms with E-state index in [0.717, 1.165) is 22.3 Å². The van der Waals surface area contributed by atoms with Crippen LogP contribution in [0, 0.1) is 11.6 Å². The fraction of sp³-hybridized carbons (Fsp3) is 0. The zero-order valence-corrected chi connectivity index (χ0v) is 11.7. The van der Waals surface area contributed by atoms with Crippen molar-refractivity contribution >= 4 is 44.3 Å². The SMILES string of the molecule is Fc1ccc(/C=C(\Cl)c2nc3ccccc3s2)cc1F. The Morgan fingerprint density at radius 2 is 1.90 bits per heavy atom. The lowest BCUT2D eigenvalue weighted by Gasteiger charge is -1.97. The summed E-state index contributed by atoms with van der Waals surface area (Å²) < 4.78 is 27.0. The van der Waals surface area contributed by atoms with E-state index in [0.29, 0.717) is 15.6 Å². The van der Waals surface area contributed by atoms with Crippen LogP contribution in [0.2, 0.25) is 0 Å². The van der Waals surface area contributed by atoms with E-state index in [4.69, 9.17) is 11.6 Å². The number of nitrogens with zero attached hydrogens (tertiary/aromatic N) is 1. The molecule has 0 bridgehead atoms. The summed E-state index contributed by atoms with van der Waals surface area (Å²) in [5.74, 6) is -1.77. The standard InChI is InChI=1S/C15H8ClF2NS/c16-10(7-9-5-6-11(17)12(18)8-9)15-19-13-3-1-2-4-14(13)20-15/h1-8H/b10-7-. The molecule has 0 aliphatic carbocycles. The average molecular weight is 308 g/mol. The number of halogens is 3. The van der Waals surface area contributed by atoms with E-state index in [-0.39, 0.29) is 0 Å². The zero-order valence-electron chi connectivity index (χ0n) is 10.1. The third-order valence-electron chi connectivity index (χ3n) is 2.74. The Morgan fingerprint density at radius 1 is 1.10 bits per heavy atom. The van der Waals surface area contributed by atoms with Crippen LogP contribution >= 0.6 is 22.9 Å². The minimum atomic E-state index is -0.896. The monoisotopic (exact) mass is 307 g/mol. The lowest BCUT2D eigenvalue weighted by molar-refractivity contribution is 0.508. The van der Waals surface area contributed by atoms with Crippen LogP contribution in [0.4, 0.5) is 8.78 Å². The Balaban J connectivity index is 2.00. The first kappa shape index (κ1) is 13.2. The minimum Gasteiger partial charge on any atom is -0.235 e. The van der Waals surface area contributed by atoms with E-state index in [9.17, 15) is 8.78 Å². The zero-order chi connectivity index (χ0) is 14.1. The molecule has 0 aliphatic heterocycles. The number of rotatable bonds is 2. The fourth-order valence-electron chi connectivity index (χ4n) is 1.78. The molecule has 0 spiro atoms. The maximum atomic E-state index is 13.1. The van der Waals surface area contributed by atoms with Crippen molar-refractivity contribution in [1.82, 2.24) is 4.98 Å². The highest BCUT2D eigenvalue weighted by Gasteiger charge is 2.07. The maximum absolute atomic E-state index is 13.1. The van der Waals surface area contributed by atoms with Crippen LogP contribution in [-0.2, 0) is 0 Å². The second kappa shape index (κ2) is 5.31. The van der Waals surface area contributed by atoms with Gasteiger partial charge in [-0.05, 0) is 35.9 Å². The third-order valence-corrected chi connectivity index (χ3v) is 4.21. The van der Waals surface area contributed by atoms with Crippen LogP contribution in [0.3, 0.4) is 0 Å². The number of hydrogen-bond acceptors (Lipinski definition) is 2. The van der Waals surface area contributed by atoms with Crippen LogP contribution in [0.1, 0.15) is 10.6 Å². The molecule has 1 nitrogen and oxygen atoms in total. The highest BCUT2D eigenvalue weighted by atomic mass is 35.5. The normalized spacial score (nSPS) is 12.1. The number of hydrogen-bond donors (Lipinski definition) is 0. The van der Waals surface area contributed by atoms with Crippen molar-refractivity contribution in [3.63, 3.8) is 0 Å². The van der Waals surface area contributed by atoms with Crippen molar-refractivity contribution in [2.75, 3.05) is 0 Å². The minimum absolute atomic E-state index is 0.400. The summed E-state index contributed by atoms with van der Waals surface area (Å²) in [6.45, 7) is 0. The van der Waals surface area contributed by atoms with Gasteiger partial charge in [-0.3, -0.25) is 0 Å². The summed E-state index contributed by atoms with van der Waals surface area (Å²) in [6, 6.07) is 11.3. The van der Waals surface area contributed by atoms with Gasteiger partial charge in [0.15, 0.2) is 11.6 Å². The predicted molar refractivity (Wildman–Crippen MR) is 79.7 cm³/mol. The first-order valence-corrected chi connectivity index (χ1v) is 7.01. The maximum Gasteiger partial charge on any atom is 0.159 e. The molecule has 0 aliphatic rings. The third kappa shape index (κ3) is 2.57. The van der Waals surface area contributed by atoms with Gasteiger partial charge in [-0.2, -0.15) is 0 Å². The average Bonchev–Trinajstić information content (AvgIpc) is 2.87. The summed E-state index contributed by atoms with van der Waals surface area (Å²) in [7, 11) is 0. The van der Waals surface area contributed by atoms with Gasteiger partial charge in [-0.15, -0.1) is 11.3 Å². The molecule has 1 aromatic heterocycles. The Bertz CT molecular complexity index is 777. The van der Waals surface area contributed by atoms with Crippen molar-refractivity contribution in [1.29, 1.82) is 0 Å². The van der Waals surface area contributed by atoms with E-state index in [1.165, 1.54) is 17.4 Å². The molecule has 3 aromatic rings. The van der Waals surface area contributed by atoms with Gasteiger partial charge in [0.25, 0.3) is 0 Å². The molecule has 0 radical (unpaired) electrons. The molecule has 0 atom stereocenters. The topological polar surface area (TPSA) is 12.9 Å².